The highest BCUT2D eigenvalue weighted by molar-refractivity contribution is 7.25. The van der Waals surface area contributed by atoms with E-state index in [0.717, 1.165) is 6.42 Å². The van der Waals surface area contributed by atoms with Crippen LogP contribution in [0, 0.1) is 0 Å². The average molecular weight is 1030 g/mol. The summed E-state index contributed by atoms with van der Waals surface area (Å²) in [6.07, 6.45) is 4.74. The Bertz CT molecular complexity index is 3870. The predicted octanol–water partition coefficient (Wildman–Crippen LogP) is 18.7. The molecule has 1 aliphatic carbocycles. The largest absolute Gasteiger partial charge is 0.334 e. The van der Waals surface area contributed by atoms with E-state index in [1.165, 1.54) is 140 Å². The summed E-state index contributed by atoms with van der Waals surface area (Å²) in [5, 5.41) is 2.64. The first kappa shape index (κ1) is 50.0. The van der Waals surface area contributed by atoms with Gasteiger partial charge in [0.05, 0.1) is 11.2 Å². The van der Waals surface area contributed by atoms with Crippen molar-refractivity contribution in [1.29, 1.82) is 0 Å². The molecule has 5 heteroatoms. The van der Waals surface area contributed by atoms with Crippen molar-refractivity contribution in [2.45, 2.75) is 155 Å². The van der Waals surface area contributed by atoms with Crippen LogP contribution < -0.4 is 31.1 Å². The molecule has 13 rings (SSSR count). The summed E-state index contributed by atoms with van der Waals surface area (Å²) >= 11 is 1.91. The molecule has 3 nitrogen and oxygen atoms in total. The average Bonchev–Trinajstić information content (AvgIpc) is 4.01. The van der Waals surface area contributed by atoms with Crippen molar-refractivity contribution in [2.75, 3.05) is 14.7 Å². The highest BCUT2D eigenvalue weighted by atomic mass is 32.1. The second kappa shape index (κ2) is 17.0. The molecule has 0 saturated heterocycles. The smallest absolute Gasteiger partial charge is 0.252 e. The van der Waals surface area contributed by atoms with Gasteiger partial charge in [-0.15, -0.1) is 11.3 Å². The molecule has 0 radical (unpaired) electrons. The number of hydrogen-bond acceptors (Lipinski definition) is 4. The zero-order valence-electron chi connectivity index (χ0n) is 48.2. The number of benzene rings is 8. The van der Waals surface area contributed by atoms with Gasteiger partial charge >= 0.3 is 0 Å². The van der Waals surface area contributed by atoms with E-state index in [9.17, 15) is 0 Å². The number of anilines is 8. The van der Waals surface area contributed by atoms with Crippen LogP contribution in [-0.2, 0) is 27.1 Å². The first-order chi connectivity index (χ1) is 36.4. The molecule has 0 N–H and O–H groups in total. The van der Waals surface area contributed by atoms with Gasteiger partial charge in [0.15, 0.2) is 0 Å². The minimum absolute atomic E-state index is 0.0326. The maximum Gasteiger partial charge on any atom is 0.252 e. The first-order valence-corrected chi connectivity index (χ1v) is 29.4. The topological polar surface area (TPSA) is 9.72 Å². The second-order valence-electron chi connectivity index (χ2n) is 27.8. The van der Waals surface area contributed by atoms with E-state index in [1.807, 2.05) is 11.3 Å². The fourth-order valence-corrected chi connectivity index (χ4v) is 15.2. The van der Waals surface area contributed by atoms with E-state index >= 15 is 0 Å². The Labute approximate surface area is 464 Å². The van der Waals surface area contributed by atoms with Crippen molar-refractivity contribution >= 4 is 100 Å². The molecule has 1 fully saturated rings. The normalized spacial score (nSPS) is 19.1. The van der Waals surface area contributed by atoms with Gasteiger partial charge in [-0.25, -0.2) is 0 Å². The fraction of sp³-hybridized carbons (Fsp3) is 0.333. The second-order valence-corrected chi connectivity index (χ2v) is 28.9. The third-order valence-electron chi connectivity index (χ3n) is 18.8. The lowest BCUT2D eigenvalue weighted by Crippen LogP contribution is -2.62. The van der Waals surface area contributed by atoms with E-state index in [0.29, 0.717) is 0 Å². The van der Waals surface area contributed by atoms with Crippen LogP contribution in [0.15, 0.2) is 158 Å². The molecule has 4 aliphatic rings. The Morgan fingerprint density at radius 2 is 0.948 bits per heavy atom. The van der Waals surface area contributed by atoms with Crippen LogP contribution in [0.1, 0.15) is 150 Å². The van der Waals surface area contributed by atoms with Gasteiger partial charge in [-0.05, 0) is 152 Å². The van der Waals surface area contributed by atoms with Crippen molar-refractivity contribution in [2.24, 2.45) is 0 Å². The molecule has 9 aromatic rings. The maximum atomic E-state index is 2.84. The highest BCUT2D eigenvalue weighted by Gasteiger charge is 2.58. The number of rotatable bonds is 4. The molecule has 1 aromatic heterocycles. The third-order valence-corrected chi connectivity index (χ3v) is 20.0. The number of thiophene rings is 1. The summed E-state index contributed by atoms with van der Waals surface area (Å²) in [6.45, 7) is 33.5. The zero-order chi connectivity index (χ0) is 53.9. The van der Waals surface area contributed by atoms with E-state index in [2.05, 4.69) is 269 Å². The Morgan fingerprint density at radius 3 is 1.58 bits per heavy atom. The van der Waals surface area contributed by atoms with Gasteiger partial charge in [0.1, 0.15) is 0 Å². The monoisotopic (exact) mass is 1030 g/mol. The van der Waals surface area contributed by atoms with Crippen molar-refractivity contribution in [1.82, 2.24) is 0 Å². The summed E-state index contributed by atoms with van der Waals surface area (Å²) in [7, 11) is 0. The molecular formula is C72H76BN3S. The van der Waals surface area contributed by atoms with Crippen molar-refractivity contribution in [3.63, 3.8) is 0 Å². The lowest BCUT2D eigenvalue weighted by molar-refractivity contribution is 0.195. The number of nitrogens with zero attached hydrogens (tertiary/aromatic N) is 3. The van der Waals surface area contributed by atoms with Crippen LogP contribution in [0.4, 0.5) is 45.5 Å². The summed E-state index contributed by atoms with van der Waals surface area (Å²) in [4.78, 5) is 8.20. The Kier molecular flexibility index (Phi) is 11.0. The van der Waals surface area contributed by atoms with Crippen molar-refractivity contribution in [3.8, 4) is 11.1 Å². The molecule has 1 saturated carbocycles. The highest BCUT2D eigenvalue weighted by Crippen LogP contribution is 2.62. The van der Waals surface area contributed by atoms with Gasteiger partial charge in [0, 0.05) is 71.0 Å². The van der Waals surface area contributed by atoms with Crippen LogP contribution in [-0.4, -0.2) is 12.3 Å². The number of hydrogen-bond donors (Lipinski definition) is 0. The summed E-state index contributed by atoms with van der Waals surface area (Å²) in [5.74, 6) is 0. The molecule has 0 amide bonds. The summed E-state index contributed by atoms with van der Waals surface area (Å²) < 4.78 is 2.64. The first-order valence-electron chi connectivity index (χ1n) is 28.6. The van der Waals surface area contributed by atoms with Gasteiger partial charge in [-0.1, -0.05) is 200 Å². The molecule has 4 heterocycles. The van der Waals surface area contributed by atoms with Gasteiger partial charge in [-0.2, -0.15) is 0 Å². The molecule has 77 heavy (non-hydrogen) atoms. The lowest BCUT2D eigenvalue weighted by Gasteiger charge is -2.51. The molecule has 2 unspecified atom stereocenters. The molecule has 3 aliphatic heterocycles. The van der Waals surface area contributed by atoms with Crippen LogP contribution in [0.5, 0.6) is 0 Å². The molecule has 8 aromatic carbocycles. The van der Waals surface area contributed by atoms with Crippen LogP contribution in [0.2, 0.25) is 0 Å². The SMILES string of the molecule is CC(C)(C)c1ccc2c(c1)B1c3cc(C(C)(C)C)ccc3N(c3ccc(C(C)(C)C)cc3-c3ccccc3)c3cc(N4c5ccc(C(C)(C)C)cc5C5(C)CCCCC45C)cc(c31)N2c1ccc2c(c1)sc1ccccc12. The Morgan fingerprint density at radius 1 is 0.429 bits per heavy atom. The minimum Gasteiger partial charge on any atom is -0.334 e. The number of fused-ring (bicyclic) bond motifs is 10. The summed E-state index contributed by atoms with van der Waals surface area (Å²) in [6, 6.07) is 62.5. The molecular weight excluding hydrogens is 950 g/mol. The third kappa shape index (κ3) is 7.63. The van der Waals surface area contributed by atoms with E-state index in [-0.39, 0.29) is 39.3 Å². The molecule has 0 spiro atoms. The molecule has 0 bridgehead atoms. The predicted molar refractivity (Wildman–Crippen MR) is 336 cm³/mol. The van der Waals surface area contributed by atoms with Crippen LogP contribution >= 0.6 is 11.3 Å². The van der Waals surface area contributed by atoms with Gasteiger partial charge < -0.3 is 14.7 Å². The molecule has 2 atom stereocenters. The van der Waals surface area contributed by atoms with E-state index in [4.69, 9.17) is 0 Å². The minimum atomic E-state index is -0.165. The van der Waals surface area contributed by atoms with Crippen LogP contribution in [0.3, 0.4) is 0 Å². The van der Waals surface area contributed by atoms with E-state index < -0.39 is 0 Å². The fourth-order valence-electron chi connectivity index (χ4n) is 14.1. The zero-order valence-corrected chi connectivity index (χ0v) is 49.0. The van der Waals surface area contributed by atoms with Crippen molar-refractivity contribution in [3.05, 3.63) is 186 Å². The maximum absolute atomic E-state index is 2.84. The van der Waals surface area contributed by atoms with Crippen LogP contribution in [0.25, 0.3) is 31.3 Å². The standard InChI is InChI=1S/C72H76BN3S/c1-67(2,3)46-26-32-58(54(38-46)45-22-16-15-17-23-45)75-61-35-29-49(70(10,11)12)41-57(61)73-56-40-48(69(7,8)9)28-34-60(56)74(50-30-31-53-52-24-18-19-25-64(52)77-65(53)44-50)62-42-51(43-63(75)66(62)73)76-59-33-27-47(68(4,5)6)39-55(59)71(13)36-20-21-37-72(71,76)14/h15-19,22-35,38-44H,20-21,36-37H2,1-14H3. The Balaban J connectivity index is 1.18. The quantitative estimate of drug-likeness (QED) is 0.163. The summed E-state index contributed by atoms with van der Waals surface area (Å²) in [5.41, 5.74) is 23.2. The van der Waals surface area contributed by atoms with Gasteiger partial charge in [0.25, 0.3) is 6.71 Å². The van der Waals surface area contributed by atoms with Crippen molar-refractivity contribution < 1.29 is 0 Å². The lowest BCUT2D eigenvalue weighted by atomic mass is 9.33. The van der Waals surface area contributed by atoms with Gasteiger partial charge in [0.2, 0.25) is 0 Å². The molecule has 388 valence electrons. The Hall–Kier alpha value is -6.56. The van der Waals surface area contributed by atoms with E-state index in [1.54, 1.807) is 0 Å². The van der Waals surface area contributed by atoms with Gasteiger partial charge in [-0.3, -0.25) is 0 Å².